The first-order valence-corrected chi connectivity index (χ1v) is 6.17. The van der Waals surface area contributed by atoms with Crippen molar-refractivity contribution >= 4 is 17.7 Å². The number of phenols is 1. The van der Waals surface area contributed by atoms with Crippen LogP contribution in [-0.4, -0.2) is 21.2 Å². The van der Waals surface area contributed by atoms with Crippen LogP contribution in [-0.2, 0) is 0 Å². The van der Waals surface area contributed by atoms with Gasteiger partial charge in [0, 0.05) is 6.07 Å². The Bertz CT molecular complexity index is 673. The molecule has 0 bridgehead atoms. The zero-order chi connectivity index (χ0) is 15.4. The zero-order valence-electron chi connectivity index (χ0n) is 11.6. The molecule has 0 saturated heterocycles. The quantitative estimate of drug-likeness (QED) is 0.511. The highest BCUT2D eigenvalue weighted by atomic mass is 16.6. The van der Waals surface area contributed by atoms with Gasteiger partial charge in [0.05, 0.1) is 11.1 Å². The first-order chi connectivity index (χ1) is 9.97. The number of nitrogens with one attached hydrogen (secondary N) is 1. The number of nitrogens with zero attached hydrogens (tertiary/aromatic N) is 3. The predicted molar refractivity (Wildman–Crippen MR) is 79.7 cm³/mol. The number of aryl methyl sites for hydroxylation is 2. The third-order valence-electron chi connectivity index (χ3n) is 2.86. The predicted octanol–water partition coefficient (Wildman–Crippen LogP) is 2.76. The fourth-order valence-electron chi connectivity index (χ4n) is 1.80. The highest BCUT2D eigenvalue weighted by Gasteiger charge is 2.04. The monoisotopic (exact) mass is 286 g/mol. The van der Waals surface area contributed by atoms with Crippen molar-refractivity contribution in [1.29, 1.82) is 0 Å². The van der Waals surface area contributed by atoms with E-state index in [1.807, 2.05) is 13.8 Å². The molecule has 0 aliphatic carbocycles. The summed E-state index contributed by atoms with van der Waals surface area (Å²) in [5, 5.41) is 24.2. The molecule has 0 unspecified atom stereocenters. The van der Waals surface area contributed by atoms with Crippen LogP contribution in [0.5, 0.6) is 5.75 Å². The summed E-state index contributed by atoms with van der Waals surface area (Å²) in [4.78, 5) is 13.9. The molecule has 0 fully saturated rings. The van der Waals surface area contributed by atoms with Gasteiger partial charge in [0.25, 0.3) is 5.69 Å². The Morgan fingerprint density at radius 2 is 2.00 bits per heavy atom. The summed E-state index contributed by atoms with van der Waals surface area (Å²) in [6.45, 7) is 3.62. The molecule has 0 aliphatic rings. The second-order valence-corrected chi connectivity index (χ2v) is 4.53. The average molecular weight is 286 g/mol. The van der Waals surface area contributed by atoms with Crippen molar-refractivity contribution in [1.82, 2.24) is 4.98 Å². The Labute approximate surface area is 121 Å². The topological polar surface area (TPSA) is 101 Å². The van der Waals surface area contributed by atoms with Crippen molar-refractivity contribution in [3.05, 3.63) is 57.3 Å². The van der Waals surface area contributed by atoms with Crippen LogP contribution in [0.2, 0.25) is 0 Å². The lowest BCUT2D eigenvalue weighted by Crippen LogP contribution is -1.95. The lowest BCUT2D eigenvalue weighted by atomic mass is 10.1. The number of rotatable bonds is 4. The summed E-state index contributed by atoms with van der Waals surface area (Å²) in [6, 6.07) is 6.43. The third-order valence-corrected chi connectivity index (χ3v) is 2.86. The molecule has 1 aromatic heterocycles. The normalized spacial score (nSPS) is 10.8. The number of anilines is 1. The van der Waals surface area contributed by atoms with Crippen LogP contribution in [0.1, 0.15) is 16.7 Å². The Morgan fingerprint density at radius 3 is 2.52 bits per heavy atom. The van der Waals surface area contributed by atoms with E-state index in [2.05, 4.69) is 15.5 Å². The number of hydrogen-bond acceptors (Lipinski definition) is 6. The van der Waals surface area contributed by atoms with Gasteiger partial charge in [0.1, 0.15) is 17.8 Å². The minimum absolute atomic E-state index is 0.0747. The Kier molecular flexibility index (Phi) is 4.13. The minimum atomic E-state index is -0.512. The number of benzene rings is 1. The highest BCUT2D eigenvalue weighted by molar-refractivity contribution is 5.81. The van der Waals surface area contributed by atoms with Gasteiger partial charge in [-0.15, -0.1) is 0 Å². The summed E-state index contributed by atoms with van der Waals surface area (Å²) < 4.78 is 0. The lowest BCUT2D eigenvalue weighted by molar-refractivity contribution is -0.385. The first kappa shape index (κ1) is 14.4. The Balaban J connectivity index is 2.07. The summed E-state index contributed by atoms with van der Waals surface area (Å²) >= 11 is 0. The number of aromatic hydroxyl groups is 1. The molecule has 0 atom stereocenters. The van der Waals surface area contributed by atoms with E-state index in [1.54, 1.807) is 18.3 Å². The van der Waals surface area contributed by atoms with Gasteiger partial charge in [0.2, 0.25) is 0 Å². The van der Waals surface area contributed by atoms with Crippen LogP contribution in [0.4, 0.5) is 11.5 Å². The van der Waals surface area contributed by atoms with Gasteiger partial charge in [-0.05, 0) is 48.7 Å². The van der Waals surface area contributed by atoms with Gasteiger partial charge >= 0.3 is 0 Å². The van der Waals surface area contributed by atoms with Gasteiger partial charge < -0.3 is 5.11 Å². The number of nitro groups is 1. The molecule has 7 heteroatoms. The summed E-state index contributed by atoms with van der Waals surface area (Å²) in [5.41, 5.74) is 4.98. The largest absolute Gasteiger partial charge is 0.507 e. The minimum Gasteiger partial charge on any atom is -0.507 e. The Morgan fingerprint density at radius 1 is 1.33 bits per heavy atom. The Hall–Kier alpha value is -2.96. The van der Waals surface area contributed by atoms with Crippen molar-refractivity contribution in [3.63, 3.8) is 0 Å². The smallest absolute Gasteiger partial charge is 0.287 e. The van der Waals surface area contributed by atoms with E-state index in [4.69, 9.17) is 0 Å². The van der Waals surface area contributed by atoms with Crippen molar-refractivity contribution in [2.45, 2.75) is 13.8 Å². The fourth-order valence-corrected chi connectivity index (χ4v) is 1.80. The molecule has 0 aliphatic heterocycles. The molecule has 21 heavy (non-hydrogen) atoms. The molecular formula is C14H14N4O3. The molecule has 7 nitrogen and oxygen atoms in total. The van der Waals surface area contributed by atoms with E-state index in [1.165, 1.54) is 12.1 Å². The van der Waals surface area contributed by atoms with E-state index in [0.29, 0.717) is 5.82 Å². The maximum absolute atomic E-state index is 10.5. The molecule has 0 saturated carbocycles. The summed E-state index contributed by atoms with van der Waals surface area (Å²) in [5.74, 6) is 0.682. The van der Waals surface area contributed by atoms with Crippen molar-refractivity contribution in [3.8, 4) is 5.75 Å². The van der Waals surface area contributed by atoms with Gasteiger partial charge in [-0.25, -0.2) is 4.98 Å². The van der Waals surface area contributed by atoms with Crippen LogP contribution >= 0.6 is 0 Å². The number of hydrazone groups is 1. The number of aromatic nitrogens is 1. The summed E-state index contributed by atoms with van der Waals surface area (Å²) in [6.07, 6.45) is 2.75. The van der Waals surface area contributed by atoms with Gasteiger partial charge in [0.15, 0.2) is 0 Å². The maximum Gasteiger partial charge on any atom is 0.287 e. The fraction of sp³-hybridized carbons (Fsp3) is 0.143. The molecular weight excluding hydrogens is 272 g/mol. The molecule has 2 rings (SSSR count). The van der Waals surface area contributed by atoms with Crippen LogP contribution < -0.4 is 5.43 Å². The van der Waals surface area contributed by atoms with Gasteiger partial charge in [-0.2, -0.15) is 5.10 Å². The molecule has 2 aromatic rings. The maximum atomic E-state index is 10.5. The number of pyridine rings is 1. The molecule has 1 heterocycles. The van der Waals surface area contributed by atoms with E-state index in [-0.39, 0.29) is 11.4 Å². The van der Waals surface area contributed by atoms with Crippen LogP contribution in [0.15, 0.2) is 35.6 Å². The average Bonchev–Trinajstić information content (AvgIpc) is 2.45. The lowest BCUT2D eigenvalue weighted by Gasteiger charge is -2.04. The molecule has 1 aromatic carbocycles. The van der Waals surface area contributed by atoms with Crippen molar-refractivity contribution in [2.24, 2.45) is 5.10 Å². The van der Waals surface area contributed by atoms with Crippen LogP contribution in [0, 0.1) is 24.0 Å². The van der Waals surface area contributed by atoms with Crippen LogP contribution in [0.3, 0.4) is 0 Å². The number of hydrogen-bond donors (Lipinski definition) is 2. The zero-order valence-corrected chi connectivity index (χ0v) is 11.6. The first-order valence-electron chi connectivity index (χ1n) is 6.17. The van der Waals surface area contributed by atoms with E-state index in [9.17, 15) is 15.2 Å². The van der Waals surface area contributed by atoms with E-state index >= 15 is 0 Å². The number of phenolic OH excluding ortho intramolecular Hbond substituents is 1. The van der Waals surface area contributed by atoms with Gasteiger partial charge in [-0.1, -0.05) is 0 Å². The standard InChI is InChI=1S/C14H14N4O3/c1-9-5-11(6-10(2)14(9)19)7-16-17-13-4-3-12(8-15-13)18(20)21/h3-8,19H,1-2H3,(H,15,17)/b16-7+. The SMILES string of the molecule is Cc1cc(/C=N/Nc2ccc([N+](=O)[O-])cn2)cc(C)c1O. The second-order valence-electron chi connectivity index (χ2n) is 4.53. The highest BCUT2D eigenvalue weighted by Crippen LogP contribution is 2.22. The van der Waals surface area contributed by atoms with E-state index < -0.39 is 4.92 Å². The van der Waals surface area contributed by atoms with Crippen molar-refractivity contribution in [2.75, 3.05) is 5.43 Å². The second kappa shape index (κ2) is 6.00. The third kappa shape index (κ3) is 3.53. The summed E-state index contributed by atoms with van der Waals surface area (Å²) in [7, 11) is 0. The van der Waals surface area contributed by atoms with E-state index in [0.717, 1.165) is 22.9 Å². The van der Waals surface area contributed by atoms with Crippen LogP contribution in [0.25, 0.3) is 0 Å². The molecule has 0 amide bonds. The van der Waals surface area contributed by atoms with Gasteiger partial charge in [-0.3, -0.25) is 15.5 Å². The molecule has 0 radical (unpaired) electrons. The molecule has 0 spiro atoms. The molecule has 2 N–H and O–H groups in total. The van der Waals surface area contributed by atoms with Crippen molar-refractivity contribution < 1.29 is 10.0 Å². The molecule has 108 valence electrons.